The summed E-state index contributed by atoms with van der Waals surface area (Å²) in [5.41, 5.74) is 27.0. The largest absolute Gasteiger partial charge is 0.397 e. The number of pyridine rings is 4. The van der Waals surface area contributed by atoms with Gasteiger partial charge in [0.25, 0.3) is 0 Å². The second kappa shape index (κ2) is 27.1. The molecule has 0 radical (unpaired) electrons. The van der Waals surface area contributed by atoms with Crippen LogP contribution in [0.25, 0.3) is 44.7 Å². The van der Waals surface area contributed by atoms with Crippen LogP contribution >= 0.6 is 27.5 Å². The first-order valence-corrected chi connectivity index (χ1v) is 43.7. The lowest BCUT2D eigenvalue weighted by Gasteiger charge is -2.32. The molecule has 16 N–H and O–H groups in total. The number of aliphatic hydroxyl groups is 8. The molecule has 5 saturated heterocycles. The van der Waals surface area contributed by atoms with E-state index in [1.807, 2.05) is 11.5 Å². The average Bonchev–Trinajstić information content (AvgIpc) is 1.58. The van der Waals surface area contributed by atoms with E-state index in [0.717, 1.165) is 31.1 Å². The van der Waals surface area contributed by atoms with Crippen LogP contribution in [-0.2, 0) is 23.7 Å². The molecule has 33 heteroatoms. The molecular weight excluding hydrogens is 1310 g/mol. The van der Waals surface area contributed by atoms with E-state index in [0.29, 0.717) is 93.3 Å². The van der Waals surface area contributed by atoms with Crippen molar-refractivity contribution in [3.63, 3.8) is 0 Å². The third-order valence-corrected chi connectivity index (χ3v) is 24.1. The van der Waals surface area contributed by atoms with Crippen molar-refractivity contribution in [2.45, 2.75) is 136 Å². The van der Waals surface area contributed by atoms with E-state index < -0.39 is 124 Å². The maximum atomic E-state index is 10.8. The van der Waals surface area contributed by atoms with Gasteiger partial charge in [-0.1, -0.05) is 0 Å². The zero-order chi connectivity index (χ0) is 70.2. The zero-order valence-electron chi connectivity index (χ0n) is 56.1. The molecule has 0 amide bonds. The fourth-order valence-corrected chi connectivity index (χ4v) is 16.4. The molecule has 5 aliphatic heterocycles. The maximum Gasteiger partial charge on any atom is 0.239 e. The topological polar surface area (TPSA) is 435 Å². The zero-order valence-corrected chi connectivity index (χ0v) is 59.7. The Hall–Kier alpha value is -5.64. The molecular formula is C63H96N16O13P4. The summed E-state index contributed by atoms with van der Waals surface area (Å²) in [6.45, 7) is 15.9. The number of hydrogen-bond acceptors (Lipinski definition) is 25. The molecule has 526 valence electrons. The van der Waals surface area contributed by atoms with Crippen molar-refractivity contribution < 1.29 is 64.5 Å². The highest BCUT2D eigenvalue weighted by atomic mass is 31.2. The number of aromatic nitrogens is 12. The van der Waals surface area contributed by atoms with Crippen molar-refractivity contribution in [2.24, 2.45) is 0 Å². The number of ether oxygens (including phenoxy) is 5. The summed E-state index contributed by atoms with van der Waals surface area (Å²) in [6, 6.07) is 6.67. The first-order valence-electron chi connectivity index (χ1n) is 31.5. The summed E-state index contributed by atoms with van der Waals surface area (Å²) < 4.78 is 36.5. The van der Waals surface area contributed by atoms with Gasteiger partial charge < -0.3 is 87.5 Å². The molecule has 15 atom stereocenters. The van der Waals surface area contributed by atoms with Gasteiger partial charge in [0.1, 0.15) is 69.9 Å². The SMILES string of the molecule is C=P(C)(C)CC[C@@]1(C)OC(n2cnc3c(N)ccnc32)[C@H](O)[C@@H]1O.C=P(C)(C)CC[C@@]12CO[C@@H](C(n3cnc4c(N)ccnc43)O1)[C@@H]2O.C=P(C)(C)CC[C@H]1OC(n2cnc3c(N)ccnc32)C(O)(O)[C@@H]1O.C=P(C)(C)CC[C@H]1OC(n2cnc3c(N)ccnc32)[C@](C)(O)[C@@H]1O. The van der Waals surface area contributed by atoms with Gasteiger partial charge in [-0.3, -0.25) is 18.3 Å². The van der Waals surface area contributed by atoms with Crippen molar-refractivity contribution in [2.75, 3.05) is 108 Å². The number of rotatable bonds is 16. The summed E-state index contributed by atoms with van der Waals surface area (Å²) in [7, 11) is 0. The molecule has 29 nitrogen and oxygen atoms in total. The van der Waals surface area contributed by atoms with Crippen molar-refractivity contribution in [3.05, 3.63) is 74.4 Å². The van der Waals surface area contributed by atoms with Crippen LogP contribution in [0.4, 0.5) is 22.7 Å². The van der Waals surface area contributed by atoms with Crippen LogP contribution in [0.3, 0.4) is 0 Å². The summed E-state index contributed by atoms with van der Waals surface area (Å²) in [5.74, 6) is -2.45. The Kier molecular flexibility index (Phi) is 20.7. The summed E-state index contributed by atoms with van der Waals surface area (Å²) in [4.78, 5) is 34.1. The van der Waals surface area contributed by atoms with E-state index in [1.54, 1.807) is 77.9 Å². The number of nitrogen functional groups attached to an aromatic ring is 4. The molecule has 2 bridgehead atoms. The average molecular weight is 1410 g/mol. The standard InChI is InChI=1S/C16H23N4O3P.2C16H25N4O3P.C15H23N4O4P/c1-24(2,3)7-5-16-8-22-12(13(16)21)15(23-16)20-9-19-11-10(17)4-6-18-14(11)20;1-16(6-8-24(2,3)4)13(22)12(21)15(23-16)20-9-19-11-10(17)5-7-18-14(11)20;1-16(22)13(21)11(6-8-24(2,3)4)23-15(16)20-9-19-12-10(17)5-7-18-14(12)20;1-24(2,3)7-5-10-12(20)15(21,22)14(23-10)19-8-18-11-9(16)4-6-17-13(11)19/h4,6,9,12-13,15,21H,1,5,7-8H2,2-3H3,(H2,17,18);5,7,9,12-13,15,21-22H,2,6,8H2,1,3-4H3,(H2,17,18);5,7,9,11,13,15,21-22H,2,6,8H2,1,3-4H3,(H2,17,18);4,6,8,10,12,14,20-22H,1,5,7H2,2-3H3,(H2,16,17)/t12-,13+,15?,16+;12-,13+,15?,16-;11-,13-,15?,16-;10-,12-,14?/m1111/s1. The molecule has 13 rings (SSSR count). The van der Waals surface area contributed by atoms with E-state index in [1.165, 1.54) is 17.1 Å². The summed E-state index contributed by atoms with van der Waals surface area (Å²) in [5, 5.41) is 84.3. The molecule has 5 fully saturated rings. The number of aliphatic hydroxyl groups excluding tert-OH is 5. The van der Waals surface area contributed by atoms with E-state index in [4.69, 9.17) is 46.6 Å². The Morgan fingerprint density at radius 2 is 0.854 bits per heavy atom. The monoisotopic (exact) mass is 1410 g/mol. The van der Waals surface area contributed by atoms with Crippen LogP contribution in [0.1, 0.15) is 64.4 Å². The minimum Gasteiger partial charge on any atom is -0.397 e. The molecule has 8 aromatic heterocycles. The van der Waals surface area contributed by atoms with Gasteiger partial charge in [-0.2, -0.15) is 0 Å². The number of nitrogens with zero attached hydrogens (tertiary/aromatic N) is 12. The van der Waals surface area contributed by atoms with Crippen molar-refractivity contribution in [1.29, 1.82) is 0 Å². The smallest absolute Gasteiger partial charge is 0.239 e. The summed E-state index contributed by atoms with van der Waals surface area (Å²) in [6.07, 6.45) is 25.3. The van der Waals surface area contributed by atoms with Crippen LogP contribution in [0.5, 0.6) is 0 Å². The van der Waals surface area contributed by atoms with Crippen molar-refractivity contribution in [3.8, 4) is 0 Å². The van der Waals surface area contributed by atoms with Crippen molar-refractivity contribution in [1.82, 2.24) is 58.1 Å². The first kappa shape index (κ1) is 73.1. The Bertz CT molecular complexity index is 4100. The third kappa shape index (κ3) is 15.0. The van der Waals surface area contributed by atoms with Gasteiger partial charge in [-0.15, -0.1) is 52.7 Å². The molecule has 13 heterocycles. The van der Waals surface area contributed by atoms with Gasteiger partial charge in [0.05, 0.1) is 72.5 Å². The minimum atomic E-state index is -2.45. The molecule has 0 spiro atoms. The van der Waals surface area contributed by atoms with Crippen LogP contribution in [-0.4, -0.2) is 280 Å². The molecule has 0 aliphatic carbocycles. The number of fused-ring (bicyclic) bond motifs is 6. The van der Waals surface area contributed by atoms with Gasteiger partial charge in [0.15, 0.2) is 47.5 Å². The number of hydrogen-bond donors (Lipinski definition) is 12. The number of imidazole rings is 4. The fraction of sp³-hybridized carbons (Fsp3) is 0.556. The highest BCUT2D eigenvalue weighted by molar-refractivity contribution is 7.73. The van der Waals surface area contributed by atoms with Crippen molar-refractivity contribution >= 4 is 120 Å². The normalized spacial score (nSPS) is 30.4. The van der Waals surface area contributed by atoms with Gasteiger partial charge in [0.2, 0.25) is 5.79 Å². The maximum absolute atomic E-state index is 10.8. The molecule has 5 aliphatic rings. The van der Waals surface area contributed by atoms with Gasteiger partial charge in [0, 0.05) is 24.8 Å². The first-order chi connectivity index (χ1) is 44.6. The highest BCUT2D eigenvalue weighted by Gasteiger charge is 2.62. The highest BCUT2D eigenvalue weighted by Crippen LogP contribution is 2.51. The van der Waals surface area contributed by atoms with E-state index >= 15 is 0 Å². The molecule has 8 aromatic rings. The van der Waals surface area contributed by atoms with Crippen LogP contribution in [0.2, 0.25) is 0 Å². The predicted molar refractivity (Wildman–Crippen MR) is 386 cm³/mol. The number of anilines is 4. The lowest BCUT2D eigenvalue weighted by molar-refractivity contribution is -0.247. The third-order valence-electron chi connectivity index (χ3n) is 18.3. The summed E-state index contributed by atoms with van der Waals surface area (Å²) >= 11 is 0. The molecule has 96 heavy (non-hydrogen) atoms. The predicted octanol–water partition coefficient (Wildman–Crippen LogP) is 3.44. The Balaban J connectivity index is 0.000000139. The quantitative estimate of drug-likeness (QED) is 0.0487. The number of nitrogens with two attached hydrogens (primary N) is 4. The van der Waals surface area contributed by atoms with Crippen LogP contribution in [0.15, 0.2) is 74.4 Å². The molecule has 0 saturated carbocycles. The van der Waals surface area contributed by atoms with Gasteiger partial charge in [-0.05, 0) is 142 Å². The van der Waals surface area contributed by atoms with Crippen LogP contribution in [0, 0.1) is 0 Å². The second-order valence-corrected chi connectivity index (χ2v) is 46.4. The van der Waals surface area contributed by atoms with E-state index in [9.17, 15) is 40.9 Å². The second-order valence-electron chi connectivity index (χ2n) is 29.1. The Labute approximate surface area is 558 Å². The lowest BCUT2D eigenvalue weighted by atomic mass is 9.95. The lowest BCUT2D eigenvalue weighted by Crippen LogP contribution is -2.46. The fourth-order valence-electron chi connectivity index (χ4n) is 12.4. The Morgan fingerprint density at radius 1 is 0.479 bits per heavy atom. The van der Waals surface area contributed by atoms with Crippen LogP contribution < -0.4 is 22.9 Å². The van der Waals surface area contributed by atoms with Gasteiger partial charge in [-0.25, -0.2) is 39.9 Å². The minimum absolute atomic E-state index is 0.366. The molecule has 4 unspecified atom stereocenters. The van der Waals surface area contributed by atoms with E-state index in [2.05, 4.69) is 118 Å². The Morgan fingerprint density at radius 3 is 1.29 bits per heavy atom. The molecule has 0 aromatic carbocycles. The van der Waals surface area contributed by atoms with E-state index in [-0.39, 0.29) is 0 Å². The van der Waals surface area contributed by atoms with Gasteiger partial charge >= 0.3 is 0 Å².